The number of ether oxygens (including phenoxy) is 2. The summed E-state index contributed by atoms with van der Waals surface area (Å²) in [6.45, 7) is 0. The number of fused-ring (bicyclic) bond motifs is 7. The van der Waals surface area contributed by atoms with Gasteiger partial charge in [-0.2, -0.15) is 0 Å². The Balaban J connectivity index is 1.54. The van der Waals surface area contributed by atoms with Crippen LogP contribution in [0.2, 0.25) is 0 Å². The molecular formula is C30H18O5. The number of phenols is 2. The molecule has 1 spiro atoms. The summed E-state index contributed by atoms with van der Waals surface area (Å²) in [6.07, 6.45) is 0. The van der Waals surface area contributed by atoms with Crippen LogP contribution in [0.5, 0.6) is 23.0 Å². The van der Waals surface area contributed by atoms with Crippen molar-refractivity contribution in [2.45, 2.75) is 5.60 Å². The third-order valence-electron chi connectivity index (χ3n) is 6.87. The molecule has 5 nitrogen and oxygen atoms in total. The van der Waals surface area contributed by atoms with Gasteiger partial charge in [0.05, 0.1) is 5.56 Å². The zero-order valence-electron chi connectivity index (χ0n) is 18.4. The van der Waals surface area contributed by atoms with Gasteiger partial charge in [0.25, 0.3) is 0 Å². The van der Waals surface area contributed by atoms with Crippen LogP contribution >= 0.6 is 0 Å². The Morgan fingerprint density at radius 3 is 2.06 bits per heavy atom. The summed E-state index contributed by atoms with van der Waals surface area (Å²) in [5, 5.41) is 22.5. The Labute approximate surface area is 200 Å². The second-order valence-electron chi connectivity index (χ2n) is 8.82. The van der Waals surface area contributed by atoms with Crippen molar-refractivity contribution in [3.8, 4) is 34.1 Å². The fourth-order valence-electron chi connectivity index (χ4n) is 5.34. The first-order valence-electron chi connectivity index (χ1n) is 11.3. The van der Waals surface area contributed by atoms with Crippen molar-refractivity contribution in [1.29, 1.82) is 0 Å². The second kappa shape index (κ2) is 6.87. The molecule has 0 unspecified atom stereocenters. The molecule has 0 atom stereocenters. The van der Waals surface area contributed by atoms with E-state index in [2.05, 4.69) is 24.3 Å². The lowest BCUT2D eigenvalue weighted by Gasteiger charge is -2.36. The molecule has 168 valence electrons. The van der Waals surface area contributed by atoms with E-state index < -0.39 is 11.6 Å². The standard InChI is InChI=1S/C30H18O5/c31-19-9-12-24-27(15-19)34-28-16-20(32)10-13-25(28)30(24)26-14-18(8-11-23(26)29(33)35-30)22-7-3-5-17-4-1-2-6-21(17)22/h1-16,31-32H. The fourth-order valence-corrected chi connectivity index (χ4v) is 5.34. The SMILES string of the molecule is O=C1OC2(c3ccc(O)cc3Oc3cc(O)ccc32)c2cc(-c3cccc4ccccc34)ccc21. The highest BCUT2D eigenvalue weighted by Crippen LogP contribution is 2.57. The summed E-state index contributed by atoms with van der Waals surface area (Å²) in [6, 6.07) is 29.6. The first kappa shape index (κ1) is 19.7. The summed E-state index contributed by atoms with van der Waals surface area (Å²) in [5.74, 6) is 0.330. The molecule has 5 aromatic rings. The van der Waals surface area contributed by atoms with Crippen LogP contribution in [0.4, 0.5) is 0 Å². The zero-order valence-corrected chi connectivity index (χ0v) is 18.4. The molecule has 7 rings (SSSR count). The third kappa shape index (κ3) is 2.66. The molecule has 0 aromatic heterocycles. The van der Waals surface area contributed by atoms with Crippen molar-refractivity contribution in [3.63, 3.8) is 0 Å². The van der Waals surface area contributed by atoms with Gasteiger partial charge in [-0.1, -0.05) is 48.5 Å². The van der Waals surface area contributed by atoms with Crippen molar-refractivity contribution in [3.05, 3.63) is 119 Å². The minimum Gasteiger partial charge on any atom is -0.508 e. The molecule has 0 bridgehead atoms. The van der Waals surface area contributed by atoms with Crippen LogP contribution in [-0.2, 0) is 10.3 Å². The van der Waals surface area contributed by atoms with E-state index in [1.165, 1.54) is 12.1 Å². The van der Waals surface area contributed by atoms with Gasteiger partial charge in [0, 0.05) is 28.8 Å². The van der Waals surface area contributed by atoms with Crippen LogP contribution in [0.15, 0.2) is 97.1 Å². The van der Waals surface area contributed by atoms with Crippen molar-refractivity contribution < 1.29 is 24.5 Å². The van der Waals surface area contributed by atoms with Crippen LogP contribution in [-0.4, -0.2) is 16.2 Å². The molecule has 0 radical (unpaired) electrons. The number of carbonyl (C=O) groups excluding carboxylic acids is 1. The van der Waals surface area contributed by atoms with E-state index in [-0.39, 0.29) is 11.5 Å². The van der Waals surface area contributed by atoms with Crippen LogP contribution in [0.25, 0.3) is 21.9 Å². The predicted molar refractivity (Wildman–Crippen MR) is 131 cm³/mol. The lowest BCUT2D eigenvalue weighted by atomic mass is 9.77. The van der Waals surface area contributed by atoms with E-state index in [0.29, 0.717) is 33.8 Å². The number of hydrogen-bond donors (Lipinski definition) is 2. The summed E-state index contributed by atoms with van der Waals surface area (Å²) in [5.41, 5.74) is 3.09. The Bertz CT molecular complexity index is 1640. The van der Waals surface area contributed by atoms with Gasteiger partial charge in [-0.15, -0.1) is 0 Å². The van der Waals surface area contributed by atoms with Gasteiger partial charge >= 0.3 is 5.97 Å². The molecule has 0 amide bonds. The average Bonchev–Trinajstić information content (AvgIpc) is 3.15. The molecule has 0 saturated carbocycles. The minimum absolute atomic E-state index is 0.0246. The third-order valence-corrected chi connectivity index (χ3v) is 6.87. The van der Waals surface area contributed by atoms with Crippen molar-refractivity contribution in [2.24, 2.45) is 0 Å². The van der Waals surface area contributed by atoms with E-state index in [9.17, 15) is 15.0 Å². The summed E-state index contributed by atoms with van der Waals surface area (Å²) >= 11 is 0. The number of phenolic OH excluding ortho intramolecular Hbond substituents is 2. The Kier molecular flexibility index (Phi) is 3.86. The van der Waals surface area contributed by atoms with Crippen LogP contribution in [0.3, 0.4) is 0 Å². The van der Waals surface area contributed by atoms with Crippen molar-refractivity contribution in [1.82, 2.24) is 0 Å². The van der Waals surface area contributed by atoms with Gasteiger partial charge in [0.1, 0.15) is 23.0 Å². The highest BCUT2D eigenvalue weighted by atomic mass is 16.6. The predicted octanol–water partition coefficient (Wildman–Crippen LogP) is 6.49. The summed E-state index contributed by atoms with van der Waals surface area (Å²) in [7, 11) is 0. The van der Waals surface area contributed by atoms with E-state index in [4.69, 9.17) is 9.47 Å². The van der Waals surface area contributed by atoms with E-state index in [0.717, 1.165) is 21.9 Å². The molecule has 2 N–H and O–H groups in total. The van der Waals surface area contributed by atoms with Crippen molar-refractivity contribution >= 4 is 16.7 Å². The molecule has 35 heavy (non-hydrogen) atoms. The van der Waals surface area contributed by atoms with Gasteiger partial charge in [0.2, 0.25) is 0 Å². The maximum absolute atomic E-state index is 13.2. The second-order valence-corrected chi connectivity index (χ2v) is 8.82. The van der Waals surface area contributed by atoms with Gasteiger partial charge in [-0.05, 0) is 58.3 Å². The molecule has 0 aliphatic carbocycles. The van der Waals surface area contributed by atoms with Gasteiger partial charge in [-0.3, -0.25) is 0 Å². The largest absolute Gasteiger partial charge is 0.508 e. The first-order valence-corrected chi connectivity index (χ1v) is 11.3. The van der Waals surface area contributed by atoms with Crippen LogP contribution in [0, 0.1) is 0 Å². The molecule has 5 heteroatoms. The summed E-state index contributed by atoms with van der Waals surface area (Å²) < 4.78 is 12.2. The monoisotopic (exact) mass is 458 g/mol. The van der Waals surface area contributed by atoms with Crippen LogP contribution < -0.4 is 4.74 Å². The Morgan fingerprint density at radius 1 is 0.629 bits per heavy atom. The lowest BCUT2D eigenvalue weighted by Crippen LogP contribution is -2.33. The van der Waals surface area contributed by atoms with Gasteiger partial charge in [-0.25, -0.2) is 4.79 Å². The van der Waals surface area contributed by atoms with E-state index in [1.54, 1.807) is 30.3 Å². The number of rotatable bonds is 1. The Morgan fingerprint density at radius 2 is 1.31 bits per heavy atom. The topological polar surface area (TPSA) is 76.0 Å². The Hall–Kier alpha value is -4.77. The summed E-state index contributed by atoms with van der Waals surface area (Å²) in [4.78, 5) is 13.2. The number of carbonyl (C=O) groups is 1. The van der Waals surface area contributed by atoms with Crippen LogP contribution in [0.1, 0.15) is 27.0 Å². The molecule has 0 fully saturated rings. The van der Waals surface area contributed by atoms with E-state index >= 15 is 0 Å². The molecule has 2 aliphatic heterocycles. The molecule has 2 aliphatic rings. The molecule has 2 heterocycles. The molecular weight excluding hydrogens is 440 g/mol. The van der Waals surface area contributed by atoms with Gasteiger partial charge < -0.3 is 19.7 Å². The maximum Gasteiger partial charge on any atom is 0.340 e. The smallest absolute Gasteiger partial charge is 0.340 e. The highest BCUT2D eigenvalue weighted by Gasteiger charge is 2.53. The lowest BCUT2D eigenvalue weighted by molar-refractivity contribution is 0.0224. The quantitative estimate of drug-likeness (QED) is 0.281. The van der Waals surface area contributed by atoms with E-state index in [1.807, 2.05) is 30.3 Å². The first-order chi connectivity index (χ1) is 17.0. The molecule has 0 saturated heterocycles. The number of aromatic hydroxyl groups is 2. The van der Waals surface area contributed by atoms with Gasteiger partial charge in [0.15, 0.2) is 5.60 Å². The fraction of sp³-hybridized carbons (Fsp3) is 0.0333. The average molecular weight is 458 g/mol. The highest BCUT2D eigenvalue weighted by molar-refractivity contribution is 6.00. The number of esters is 1. The molecule has 5 aromatic carbocycles. The minimum atomic E-state index is -1.28. The number of benzene rings is 5. The maximum atomic E-state index is 13.2. The number of hydrogen-bond acceptors (Lipinski definition) is 5. The normalized spacial score (nSPS) is 14.7. The zero-order chi connectivity index (χ0) is 23.7. The van der Waals surface area contributed by atoms with Crippen molar-refractivity contribution in [2.75, 3.05) is 0 Å².